The molecule has 1 aliphatic rings. The van der Waals surface area contributed by atoms with E-state index in [0.29, 0.717) is 13.0 Å². The number of carbonyl (C=O) groups is 2. The van der Waals surface area contributed by atoms with Gasteiger partial charge < -0.3 is 10.0 Å². The van der Waals surface area contributed by atoms with Crippen LogP contribution in [-0.2, 0) is 16.0 Å². The molecule has 4 heteroatoms. The molecule has 1 unspecified atom stereocenters. The van der Waals surface area contributed by atoms with Crippen LogP contribution in [0.1, 0.15) is 18.9 Å². The number of benzene rings is 2. The molecule has 1 N–H and O–H groups in total. The molecule has 0 spiro atoms. The molecule has 0 bridgehead atoms. The predicted molar refractivity (Wildman–Crippen MR) is 88.0 cm³/mol. The third-order valence-electron chi connectivity index (χ3n) is 4.57. The predicted octanol–water partition coefficient (Wildman–Crippen LogP) is 2.97. The SMILES string of the molecule is CC1(C(=O)O)CCN1C(=O)Cc1cccc(-c2ccccc2)c1. The Hall–Kier alpha value is -2.62. The maximum absolute atomic E-state index is 12.4. The number of hydrogen-bond acceptors (Lipinski definition) is 2. The first-order chi connectivity index (χ1) is 11.0. The second kappa shape index (κ2) is 5.88. The topological polar surface area (TPSA) is 57.6 Å². The number of amides is 1. The van der Waals surface area contributed by atoms with Gasteiger partial charge in [-0.05, 0) is 30.0 Å². The van der Waals surface area contributed by atoms with Crippen molar-refractivity contribution in [3.63, 3.8) is 0 Å². The molecule has 4 nitrogen and oxygen atoms in total. The van der Waals surface area contributed by atoms with Crippen LogP contribution in [0.15, 0.2) is 54.6 Å². The zero-order valence-corrected chi connectivity index (χ0v) is 13.0. The third kappa shape index (κ3) is 2.84. The second-order valence-electron chi connectivity index (χ2n) is 6.12. The van der Waals surface area contributed by atoms with Gasteiger partial charge in [-0.25, -0.2) is 4.79 Å². The number of aliphatic carboxylic acids is 1. The van der Waals surface area contributed by atoms with Crippen molar-refractivity contribution in [1.82, 2.24) is 4.90 Å². The Morgan fingerprint density at radius 1 is 1.09 bits per heavy atom. The van der Waals surface area contributed by atoms with Crippen LogP contribution >= 0.6 is 0 Å². The summed E-state index contributed by atoms with van der Waals surface area (Å²) in [5, 5.41) is 9.28. The Balaban J connectivity index is 1.76. The lowest BCUT2D eigenvalue weighted by molar-refractivity contribution is -0.168. The molecule has 1 saturated heterocycles. The minimum Gasteiger partial charge on any atom is -0.480 e. The van der Waals surface area contributed by atoms with Crippen molar-refractivity contribution < 1.29 is 14.7 Å². The van der Waals surface area contributed by atoms with Gasteiger partial charge in [0.25, 0.3) is 0 Å². The number of likely N-dealkylation sites (tertiary alicyclic amines) is 1. The summed E-state index contributed by atoms with van der Waals surface area (Å²) in [5.74, 6) is -1.07. The second-order valence-corrected chi connectivity index (χ2v) is 6.12. The molecule has 1 amide bonds. The monoisotopic (exact) mass is 309 g/mol. The van der Waals surface area contributed by atoms with Gasteiger partial charge in [0, 0.05) is 6.54 Å². The van der Waals surface area contributed by atoms with E-state index in [9.17, 15) is 14.7 Å². The van der Waals surface area contributed by atoms with Crippen LogP contribution in [0.25, 0.3) is 11.1 Å². The molecule has 0 radical (unpaired) electrons. The molecule has 2 aromatic carbocycles. The van der Waals surface area contributed by atoms with E-state index < -0.39 is 11.5 Å². The minimum atomic E-state index is -1.05. The van der Waals surface area contributed by atoms with Gasteiger partial charge in [-0.2, -0.15) is 0 Å². The summed E-state index contributed by atoms with van der Waals surface area (Å²) in [7, 11) is 0. The summed E-state index contributed by atoms with van der Waals surface area (Å²) >= 11 is 0. The molecular formula is C19H19NO3. The smallest absolute Gasteiger partial charge is 0.329 e. The molecule has 1 atom stereocenters. The van der Waals surface area contributed by atoms with Crippen molar-refractivity contribution in [2.24, 2.45) is 0 Å². The maximum atomic E-state index is 12.4. The van der Waals surface area contributed by atoms with Crippen molar-refractivity contribution in [1.29, 1.82) is 0 Å². The van der Waals surface area contributed by atoms with E-state index in [2.05, 4.69) is 0 Å². The highest BCUT2D eigenvalue weighted by atomic mass is 16.4. The fourth-order valence-corrected chi connectivity index (χ4v) is 2.94. The van der Waals surface area contributed by atoms with Crippen molar-refractivity contribution in [3.8, 4) is 11.1 Å². The average molecular weight is 309 g/mol. The van der Waals surface area contributed by atoms with Gasteiger partial charge >= 0.3 is 5.97 Å². The quantitative estimate of drug-likeness (QED) is 0.944. The highest BCUT2D eigenvalue weighted by Crippen LogP contribution is 2.31. The number of carbonyl (C=O) groups excluding carboxylic acids is 1. The zero-order valence-electron chi connectivity index (χ0n) is 13.0. The first-order valence-electron chi connectivity index (χ1n) is 7.69. The lowest BCUT2D eigenvalue weighted by Gasteiger charge is -2.47. The summed E-state index contributed by atoms with van der Waals surface area (Å²) in [5.41, 5.74) is 2.01. The summed E-state index contributed by atoms with van der Waals surface area (Å²) in [6.07, 6.45) is 0.738. The van der Waals surface area contributed by atoms with Gasteiger partial charge in [0.15, 0.2) is 0 Å². The number of nitrogens with zero attached hydrogens (tertiary/aromatic N) is 1. The molecule has 1 fully saturated rings. The van der Waals surface area contributed by atoms with Crippen LogP contribution in [0.5, 0.6) is 0 Å². The summed E-state index contributed by atoms with van der Waals surface area (Å²) in [6.45, 7) is 2.12. The lowest BCUT2D eigenvalue weighted by atomic mass is 9.86. The molecule has 0 aliphatic carbocycles. The van der Waals surface area contributed by atoms with Gasteiger partial charge in [0.2, 0.25) is 5.91 Å². The Bertz CT molecular complexity index is 741. The van der Waals surface area contributed by atoms with Crippen LogP contribution in [0, 0.1) is 0 Å². The van der Waals surface area contributed by atoms with Crippen molar-refractivity contribution in [2.75, 3.05) is 6.54 Å². The molecule has 0 aromatic heterocycles. The van der Waals surface area contributed by atoms with Crippen molar-refractivity contribution in [3.05, 3.63) is 60.2 Å². The maximum Gasteiger partial charge on any atom is 0.329 e. The minimum absolute atomic E-state index is 0.133. The number of carboxylic acids is 1. The van der Waals surface area contributed by atoms with Crippen LogP contribution < -0.4 is 0 Å². The van der Waals surface area contributed by atoms with Crippen LogP contribution in [0.3, 0.4) is 0 Å². The van der Waals surface area contributed by atoms with Crippen LogP contribution in [0.2, 0.25) is 0 Å². The van der Waals surface area contributed by atoms with Crippen LogP contribution in [-0.4, -0.2) is 34.0 Å². The molecule has 23 heavy (non-hydrogen) atoms. The number of rotatable bonds is 4. The molecule has 1 aliphatic heterocycles. The molecule has 2 aromatic rings. The molecule has 0 saturated carbocycles. The molecular weight excluding hydrogens is 290 g/mol. The Labute approximate surface area is 135 Å². The largest absolute Gasteiger partial charge is 0.480 e. The lowest BCUT2D eigenvalue weighted by Crippen LogP contribution is -2.64. The van der Waals surface area contributed by atoms with E-state index in [4.69, 9.17) is 0 Å². The van der Waals surface area contributed by atoms with Gasteiger partial charge in [0.1, 0.15) is 5.54 Å². The Kier molecular flexibility index (Phi) is 3.90. The first kappa shape index (κ1) is 15.3. The van der Waals surface area contributed by atoms with E-state index in [1.54, 1.807) is 6.92 Å². The molecule has 118 valence electrons. The van der Waals surface area contributed by atoms with E-state index in [0.717, 1.165) is 16.7 Å². The van der Waals surface area contributed by atoms with Gasteiger partial charge in [-0.1, -0.05) is 54.6 Å². The van der Waals surface area contributed by atoms with E-state index in [-0.39, 0.29) is 12.3 Å². The zero-order chi connectivity index (χ0) is 16.4. The average Bonchev–Trinajstić information content (AvgIpc) is 2.54. The Morgan fingerprint density at radius 2 is 1.78 bits per heavy atom. The standard InChI is InChI=1S/C19H19NO3/c1-19(18(22)23)10-11-20(19)17(21)13-14-6-5-9-16(12-14)15-7-3-2-4-8-15/h2-9,12H,10-11,13H2,1H3,(H,22,23). The van der Waals surface area contributed by atoms with Gasteiger partial charge in [0.05, 0.1) is 6.42 Å². The number of carboxylic acid groups (broad SMARTS) is 1. The summed E-state index contributed by atoms with van der Waals surface area (Å²) < 4.78 is 0. The van der Waals surface area contributed by atoms with E-state index >= 15 is 0 Å². The third-order valence-corrected chi connectivity index (χ3v) is 4.57. The fourth-order valence-electron chi connectivity index (χ4n) is 2.94. The van der Waals surface area contributed by atoms with Crippen LogP contribution in [0.4, 0.5) is 0 Å². The first-order valence-corrected chi connectivity index (χ1v) is 7.69. The molecule has 1 heterocycles. The van der Waals surface area contributed by atoms with E-state index in [1.165, 1.54) is 4.90 Å². The number of hydrogen-bond donors (Lipinski definition) is 1. The van der Waals surface area contributed by atoms with Gasteiger partial charge in [-0.3, -0.25) is 4.79 Å². The Morgan fingerprint density at radius 3 is 2.39 bits per heavy atom. The fraction of sp³-hybridized carbons (Fsp3) is 0.263. The molecule has 3 rings (SSSR count). The highest BCUT2D eigenvalue weighted by Gasteiger charge is 2.49. The summed E-state index contributed by atoms with van der Waals surface area (Å²) in [6, 6.07) is 17.8. The summed E-state index contributed by atoms with van der Waals surface area (Å²) in [4.78, 5) is 25.2. The van der Waals surface area contributed by atoms with Gasteiger partial charge in [-0.15, -0.1) is 0 Å². The van der Waals surface area contributed by atoms with Crippen molar-refractivity contribution >= 4 is 11.9 Å². The highest BCUT2D eigenvalue weighted by molar-refractivity contribution is 5.89. The van der Waals surface area contributed by atoms with E-state index in [1.807, 2.05) is 54.6 Å². The van der Waals surface area contributed by atoms with Crippen molar-refractivity contribution in [2.45, 2.75) is 25.3 Å². The normalized spacial score (nSPS) is 20.0.